The maximum atomic E-state index is 12.7. The van der Waals surface area contributed by atoms with E-state index in [4.69, 9.17) is 31.2 Å². The van der Waals surface area contributed by atoms with Gasteiger partial charge in [0, 0.05) is 0 Å². The van der Waals surface area contributed by atoms with Crippen molar-refractivity contribution >= 4 is 51.4 Å². The summed E-state index contributed by atoms with van der Waals surface area (Å²) in [5, 5.41) is 16.0. The summed E-state index contributed by atoms with van der Waals surface area (Å²) in [5.41, 5.74) is 1.74. The first-order valence-corrected chi connectivity index (χ1v) is 12.8. The highest BCUT2D eigenvalue weighted by Gasteiger charge is 2.35. The molecule has 0 aromatic heterocycles. The second-order valence-corrected chi connectivity index (χ2v) is 9.56. The number of rotatable bonds is 10. The summed E-state index contributed by atoms with van der Waals surface area (Å²) in [5.74, 6) is 1.06. The van der Waals surface area contributed by atoms with Gasteiger partial charge in [-0.2, -0.15) is 15.1 Å². The monoisotopic (exact) mass is 526 g/mol. The van der Waals surface area contributed by atoms with Crippen molar-refractivity contribution < 1.29 is 19.0 Å². The SMILES string of the molecule is CCCCC1=NN2C(=N)/C(=C\c3cc(Cl)c(OCCOc4ccccc4C)c(OC)c3)C(=O)N=C2S1. The Morgan fingerprint density at radius 2 is 1.94 bits per heavy atom. The van der Waals surface area contributed by atoms with E-state index < -0.39 is 5.91 Å². The van der Waals surface area contributed by atoms with Crippen LogP contribution in [0.5, 0.6) is 17.2 Å². The molecule has 0 spiro atoms. The van der Waals surface area contributed by atoms with Crippen molar-refractivity contribution in [1.82, 2.24) is 5.01 Å². The van der Waals surface area contributed by atoms with Gasteiger partial charge >= 0.3 is 0 Å². The third-order valence-electron chi connectivity index (χ3n) is 5.48. The molecule has 0 aliphatic carbocycles. The van der Waals surface area contributed by atoms with Gasteiger partial charge in [-0.25, -0.2) is 0 Å². The van der Waals surface area contributed by atoms with Gasteiger partial charge < -0.3 is 14.2 Å². The minimum absolute atomic E-state index is 0.0206. The first-order valence-electron chi connectivity index (χ1n) is 11.6. The Labute approximate surface area is 219 Å². The zero-order valence-corrected chi connectivity index (χ0v) is 21.9. The average molecular weight is 527 g/mol. The number of halogens is 1. The number of thioether (sulfide) groups is 1. The van der Waals surface area contributed by atoms with Crippen molar-refractivity contribution in [2.24, 2.45) is 10.1 Å². The largest absolute Gasteiger partial charge is 0.493 e. The van der Waals surface area contributed by atoms with Gasteiger partial charge in [0.25, 0.3) is 5.91 Å². The summed E-state index contributed by atoms with van der Waals surface area (Å²) in [4.78, 5) is 16.8. The summed E-state index contributed by atoms with van der Waals surface area (Å²) in [7, 11) is 1.51. The van der Waals surface area contributed by atoms with E-state index in [1.165, 1.54) is 23.9 Å². The Hall–Kier alpha value is -3.30. The Kier molecular flexibility index (Phi) is 8.32. The molecule has 2 aromatic carbocycles. The Bertz CT molecular complexity index is 1270. The summed E-state index contributed by atoms with van der Waals surface area (Å²) < 4.78 is 17.1. The molecule has 10 heteroatoms. The molecule has 0 unspecified atom stereocenters. The maximum absolute atomic E-state index is 12.7. The number of fused-ring (bicyclic) bond motifs is 1. The number of carbonyl (C=O) groups is 1. The number of ether oxygens (including phenoxy) is 3. The van der Waals surface area contributed by atoms with E-state index in [0.29, 0.717) is 33.9 Å². The molecule has 0 saturated heterocycles. The molecule has 0 atom stereocenters. The average Bonchev–Trinajstić information content (AvgIpc) is 3.27. The molecule has 2 aromatic rings. The van der Waals surface area contributed by atoms with Crippen LogP contribution in [0.3, 0.4) is 0 Å². The van der Waals surface area contributed by atoms with Gasteiger partial charge in [0.2, 0.25) is 5.17 Å². The van der Waals surface area contributed by atoms with Crippen molar-refractivity contribution in [1.29, 1.82) is 5.41 Å². The highest BCUT2D eigenvalue weighted by molar-refractivity contribution is 8.26. The van der Waals surface area contributed by atoms with Crippen LogP contribution in [0.2, 0.25) is 5.02 Å². The Morgan fingerprint density at radius 1 is 1.17 bits per heavy atom. The van der Waals surface area contributed by atoms with E-state index in [1.807, 2.05) is 31.2 Å². The molecule has 188 valence electrons. The molecule has 36 heavy (non-hydrogen) atoms. The van der Waals surface area contributed by atoms with Gasteiger partial charge in [-0.3, -0.25) is 10.2 Å². The van der Waals surface area contributed by atoms with E-state index in [2.05, 4.69) is 17.0 Å². The summed E-state index contributed by atoms with van der Waals surface area (Å²) >= 11 is 7.84. The van der Waals surface area contributed by atoms with Gasteiger partial charge in [0.1, 0.15) is 24.0 Å². The summed E-state index contributed by atoms with van der Waals surface area (Å²) in [6.45, 7) is 4.67. The van der Waals surface area contributed by atoms with Crippen LogP contribution in [-0.4, -0.2) is 47.3 Å². The highest BCUT2D eigenvalue weighted by Crippen LogP contribution is 2.38. The van der Waals surface area contributed by atoms with E-state index in [-0.39, 0.29) is 18.0 Å². The lowest BCUT2D eigenvalue weighted by Gasteiger charge is -2.20. The number of nitrogens with one attached hydrogen (secondary N) is 1. The number of unbranched alkanes of at least 4 members (excludes halogenated alkanes) is 1. The lowest BCUT2D eigenvalue weighted by atomic mass is 10.1. The van der Waals surface area contributed by atoms with Crippen LogP contribution < -0.4 is 14.2 Å². The van der Waals surface area contributed by atoms with Crippen LogP contribution in [0.1, 0.15) is 37.3 Å². The highest BCUT2D eigenvalue weighted by atomic mass is 35.5. The normalized spacial score (nSPS) is 16.1. The lowest BCUT2D eigenvalue weighted by Crippen LogP contribution is -2.35. The van der Waals surface area contributed by atoms with Gasteiger partial charge in [-0.05, 0) is 66.9 Å². The predicted octanol–water partition coefficient (Wildman–Crippen LogP) is 5.92. The molecule has 4 rings (SSSR count). The van der Waals surface area contributed by atoms with Crippen LogP contribution in [0.25, 0.3) is 6.08 Å². The van der Waals surface area contributed by atoms with Crippen molar-refractivity contribution in [3.8, 4) is 17.2 Å². The minimum atomic E-state index is -0.491. The van der Waals surface area contributed by atoms with Crippen LogP contribution in [-0.2, 0) is 4.79 Å². The van der Waals surface area contributed by atoms with Crippen molar-refractivity contribution in [3.63, 3.8) is 0 Å². The quantitative estimate of drug-likeness (QED) is 0.305. The van der Waals surface area contributed by atoms with Crippen molar-refractivity contribution in [2.75, 3.05) is 20.3 Å². The number of aliphatic imine (C=N–C) groups is 1. The van der Waals surface area contributed by atoms with E-state index in [9.17, 15) is 4.79 Å². The zero-order chi connectivity index (χ0) is 25.7. The number of hydrogen-bond donors (Lipinski definition) is 1. The lowest BCUT2D eigenvalue weighted by molar-refractivity contribution is -0.114. The van der Waals surface area contributed by atoms with Gasteiger partial charge in [0.15, 0.2) is 17.3 Å². The third kappa shape index (κ3) is 5.74. The predicted molar refractivity (Wildman–Crippen MR) is 145 cm³/mol. The van der Waals surface area contributed by atoms with Gasteiger partial charge in [-0.1, -0.05) is 43.1 Å². The molecule has 1 amide bonds. The summed E-state index contributed by atoms with van der Waals surface area (Å²) in [6, 6.07) is 11.1. The number of amidine groups is 2. The minimum Gasteiger partial charge on any atom is -0.493 e. The number of carbonyl (C=O) groups excluding carboxylic acids is 1. The van der Waals surface area contributed by atoms with Crippen molar-refractivity contribution in [2.45, 2.75) is 33.1 Å². The molecule has 2 heterocycles. The molecule has 0 saturated carbocycles. The number of hydrogen-bond acceptors (Lipinski definition) is 7. The topological polar surface area (TPSA) is 96.6 Å². The molecule has 8 nitrogen and oxygen atoms in total. The Morgan fingerprint density at radius 3 is 2.69 bits per heavy atom. The standard InChI is InChI=1S/C26H27ClN4O4S/c1-4-5-10-22-30-31-24(28)18(25(32)29-26(31)36-22)13-17-14-19(27)23(21(15-17)33-3)35-12-11-34-20-9-7-6-8-16(20)2/h6-9,13-15,28H,4-5,10-12H2,1-3H3/b18-13+,28-24?. The fourth-order valence-corrected chi connectivity index (χ4v) is 4.80. The molecular formula is C26H27ClN4O4S. The van der Waals surface area contributed by atoms with Crippen LogP contribution in [0.4, 0.5) is 0 Å². The second-order valence-electron chi connectivity index (χ2n) is 8.11. The van der Waals surface area contributed by atoms with Crippen LogP contribution >= 0.6 is 23.4 Å². The number of amides is 1. The Balaban J connectivity index is 1.48. The first-order chi connectivity index (χ1) is 17.4. The number of para-hydroxylation sites is 1. The van der Waals surface area contributed by atoms with E-state index in [0.717, 1.165) is 35.6 Å². The molecule has 0 fully saturated rings. The molecule has 2 aliphatic heterocycles. The first kappa shape index (κ1) is 25.8. The van der Waals surface area contributed by atoms with E-state index >= 15 is 0 Å². The number of benzene rings is 2. The zero-order valence-electron chi connectivity index (χ0n) is 20.3. The van der Waals surface area contributed by atoms with Crippen LogP contribution in [0.15, 0.2) is 52.1 Å². The van der Waals surface area contributed by atoms with Crippen molar-refractivity contribution in [3.05, 3.63) is 58.1 Å². The van der Waals surface area contributed by atoms with E-state index in [1.54, 1.807) is 18.2 Å². The number of nitrogens with zero attached hydrogens (tertiary/aromatic N) is 3. The fourth-order valence-electron chi connectivity index (χ4n) is 3.60. The molecule has 2 aliphatic rings. The third-order valence-corrected chi connectivity index (χ3v) is 6.73. The molecule has 0 bridgehead atoms. The smallest absolute Gasteiger partial charge is 0.283 e. The van der Waals surface area contributed by atoms with Gasteiger partial charge in [-0.15, -0.1) is 0 Å². The summed E-state index contributed by atoms with van der Waals surface area (Å²) in [6.07, 6.45) is 4.38. The molecule has 1 N–H and O–H groups in total. The number of aryl methyl sites for hydroxylation is 1. The number of hydrazone groups is 1. The molecule has 0 radical (unpaired) electrons. The fraction of sp³-hybridized carbons (Fsp3) is 0.308. The number of methoxy groups -OCH3 is 1. The van der Waals surface area contributed by atoms with Crippen LogP contribution in [0, 0.1) is 12.3 Å². The maximum Gasteiger partial charge on any atom is 0.283 e. The molecular weight excluding hydrogens is 500 g/mol. The van der Waals surface area contributed by atoms with Gasteiger partial charge in [0.05, 0.1) is 17.7 Å². The second kappa shape index (κ2) is 11.6.